The number of rotatable bonds is 4. The molecule has 0 bridgehead atoms. The first-order valence-corrected chi connectivity index (χ1v) is 8.22. The molecule has 1 heterocycles. The minimum atomic E-state index is 0.0306. The van der Waals surface area contributed by atoms with Crippen LogP contribution >= 0.6 is 11.6 Å². The SMILES string of the molecule is O=C(c1cccc(Cl)c1)c1cccc(CN2CCCCC2)c1. The third-order valence-electron chi connectivity index (χ3n) is 4.13. The van der Waals surface area contributed by atoms with E-state index in [1.807, 2.05) is 30.3 Å². The number of nitrogens with zero attached hydrogens (tertiary/aromatic N) is 1. The van der Waals surface area contributed by atoms with Gasteiger partial charge in [0, 0.05) is 22.7 Å². The van der Waals surface area contributed by atoms with Crippen LogP contribution < -0.4 is 0 Å². The molecule has 0 atom stereocenters. The van der Waals surface area contributed by atoms with Crippen molar-refractivity contribution in [1.82, 2.24) is 4.90 Å². The lowest BCUT2D eigenvalue weighted by Gasteiger charge is -2.26. The van der Waals surface area contributed by atoms with Crippen molar-refractivity contribution in [2.45, 2.75) is 25.8 Å². The van der Waals surface area contributed by atoms with E-state index in [2.05, 4.69) is 11.0 Å². The highest BCUT2D eigenvalue weighted by Crippen LogP contribution is 2.18. The van der Waals surface area contributed by atoms with E-state index in [1.165, 1.54) is 24.8 Å². The van der Waals surface area contributed by atoms with Crippen LogP contribution in [0.3, 0.4) is 0 Å². The molecule has 0 unspecified atom stereocenters. The maximum atomic E-state index is 12.6. The minimum absolute atomic E-state index is 0.0306. The zero-order valence-electron chi connectivity index (χ0n) is 12.6. The van der Waals surface area contributed by atoms with Crippen molar-refractivity contribution in [1.29, 1.82) is 0 Å². The smallest absolute Gasteiger partial charge is 0.193 e. The van der Waals surface area contributed by atoms with Gasteiger partial charge in [-0.1, -0.05) is 48.4 Å². The Morgan fingerprint density at radius 1 is 0.955 bits per heavy atom. The molecule has 2 aromatic rings. The maximum absolute atomic E-state index is 12.6. The first-order chi connectivity index (χ1) is 10.7. The van der Waals surface area contributed by atoms with Crippen LogP contribution in [0.25, 0.3) is 0 Å². The Balaban J connectivity index is 1.76. The Morgan fingerprint density at radius 2 is 1.64 bits per heavy atom. The highest BCUT2D eigenvalue weighted by Gasteiger charge is 2.13. The summed E-state index contributed by atoms with van der Waals surface area (Å²) >= 11 is 5.98. The summed E-state index contributed by atoms with van der Waals surface area (Å²) in [6.07, 6.45) is 3.89. The van der Waals surface area contributed by atoms with Crippen LogP contribution in [0.4, 0.5) is 0 Å². The summed E-state index contributed by atoms with van der Waals surface area (Å²) in [6, 6.07) is 15.1. The summed E-state index contributed by atoms with van der Waals surface area (Å²) in [5, 5.41) is 0.593. The zero-order chi connectivity index (χ0) is 15.4. The highest BCUT2D eigenvalue weighted by atomic mass is 35.5. The largest absolute Gasteiger partial charge is 0.299 e. The van der Waals surface area contributed by atoms with Crippen LogP contribution in [0.2, 0.25) is 5.02 Å². The van der Waals surface area contributed by atoms with Gasteiger partial charge < -0.3 is 0 Å². The van der Waals surface area contributed by atoms with E-state index in [0.717, 1.165) is 25.2 Å². The molecule has 0 amide bonds. The topological polar surface area (TPSA) is 20.3 Å². The molecule has 0 saturated carbocycles. The third kappa shape index (κ3) is 3.76. The van der Waals surface area contributed by atoms with Crippen molar-refractivity contribution >= 4 is 17.4 Å². The van der Waals surface area contributed by atoms with Crippen LogP contribution in [-0.2, 0) is 6.54 Å². The monoisotopic (exact) mass is 313 g/mol. The normalized spacial score (nSPS) is 15.7. The van der Waals surface area contributed by atoms with Crippen molar-refractivity contribution in [2.75, 3.05) is 13.1 Å². The molecule has 0 aliphatic carbocycles. The first-order valence-electron chi connectivity index (χ1n) is 7.84. The number of likely N-dealkylation sites (tertiary alicyclic amines) is 1. The second-order valence-corrected chi connectivity index (χ2v) is 6.31. The molecule has 1 aliphatic rings. The van der Waals surface area contributed by atoms with E-state index in [9.17, 15) is 4.79 Å². The van der Waals surface area contributed by atoms with Crippen molar-refractivity contribution < 1.29 is 4.79 Å². The van der Waals surface area contributed by atoms with Crippen molar-refractivity contribution in [3.8, 4) is 0 Å². The molecule has 0 aromatic heterocycles. The van der Waals surface area contributed by atoms with Gasteiger partial charge in [-0.25, -0.2) is 0 Å². The lowest BCUT2D eigenvalue weighted by molar-refractivity contribution is 0.103. The molecule has 22 heavy (non-hydrogen) atoms. The Morgan fingerprint density at radius 3 is 2.36 bits per heavy atom. The van der Waals surface area contributed by atoms with E-state index < -0.39 is 0 Å². The molecule has 0 radical (unpaired) electrons. The number of piperidine rings is 1. The van der Waals surface area contributed by atoms with E-state index in [4.69, 9.17) is 11.6 Å². The van der Waals surface area contributed by atoms with E-state index in [0.29, 0.717) is 10.6 Å². The number of carbonyl (C=O) groups excluding carboxylic acids is 1. The average Bonchev–Trinajstić information content (AvgIpc) is 2.55. The second kappa shape index (κ2) is 7.08. The second-order valence-electron chi connectivity index (χ2n) is 5.88. The zero-order valence-corrected chi connectivity index (χ0v) is 13.4. The summed E-state index contributed by atoms with van der Waals surface area (Å²) < 4.78 is 0. The number of ketones is 1. The first kappa shape index (κ1) is 15.3. The highest BCUT2D eigenvalue weighted by molar-refractivity contribution is 6.31. The number of halogens is 1. The molecule has 0 spiro atoms. The van der Waals surface area contributed by atoms with Gasteiger partial charge in [-0.3, -0.25) is 9.69 Å². The Kier molecular flexibility index (Phi) is 4.91. The lowest BCUT2D eigenvalue weighted by atomic mass is 10.0. The van der Waals surface area contributed by atoms with Gasteiger partial charge in [0.15, 0.2) is 5.78 Å². The van der Waals surface area contributed by atoms with E-state index in [1.54, 1.807) is 12.1 Å². The fourth-order valence-corrected chi connectivity index (χ4v) is 3.17. The fraction of sp³-hybridized carbons (Fsp3) is 0.316. The van der Waals surface area contributed by atoms with Gasteiger partial charge in [0.05, 0.1) is 0 Å². The van der Waals surface area contributed by atoms with Gasteiger partial charge >= 0.3 is 0 Å². The van der Waals surface area contributed by atoms with Crippen molar-refractivity contribution in [3.05, 3.63) is 70.2 Å². The maximum Gasteiger partial charge on any atom is 0.193 e. The summed E-state index contributed by atoms with van der Waals surface area (Å²) in [6.45, 7) is 3.25. The van der Waals surface area contributed by atoms with Crippen LogP contribution in [0.5, 0.6) is 0 Å². The predicted octanol–water partition coefficient (Wildman–Crippen LogP) is 4.56. The van der Waals surface area contributed by atoms with E-state index >= 15 is 0 Å². The number of benzene rings is 2. The van der Waals surface area contributed by atoms with Crippen molar-refractivity contribution in [2.24, 2.45) is 0 Å². The van der Waals surface area contributed by atoms with Gasteiger partial charge in [0.1, 0.15) is 0 Å². The molecular formula is C19H20ClNO. The molecule has 114 valence electrons. The Labute approximate surface area is 136 Å². The average molecular weight is 314 g/mol. The molecule has 2 nitrogen and oxygen atoms in total. The summed E-state index contributed by atoms with van der Waals surface area (Å²) in [4.78, 5) is 15.0. The molecule has 1 fully saturated rings. The number of hydrogen-bond donors (Lipinski definition) is 0. The van der Waals surface area contributed by atoms with Gasteiger partial charge in [0.2, 0.25) is 0 Å². The molecular weight excluding hydrogens is 294 g/mol. The standard InChI is InChI=1S/C19H20ClNO/c20-18-9-5-8-17(13-18)19(22)16-7-4-6-15(12-16)14-21-10-2-1-3-11-21/h4-9,12-13H,1-3,10-11,14H2. The summed E-state index contributed by atoms with van der Waals surface area (Å²) in [5.41, 5.74) is 2.58. The van der Waals surface area contributed by atoms with Gasteiger partial charge in [-0.05, 0) is 49.7 Å². The molecule has 0 N–H and O–H groups in total. The predicted molar refractivity (Wildman–Crippen MR) is 90.5 cm³/mol. The molecule has 1 aliphatic heterocycles. The van der Waals surface area contributed by atoms with Gasteiger partial charge in [-0.15, -0.1) is 0 Å². The summed E-state index contributed by atoms with van der Waals surface area (Å²) in [5.74, 6) is 0.0306. The Hall–Kier alpha value is -1.64. The lowest BCUT2D eigenvalue weighted by Crippen LogP contribution is -2.29. The van der Waals surface area contributed by atoms with Crippen LogP contribution in [0.15, 0.2) is 48.5 Å². The minimum Gasteiger partial charge on any atom is -0.299 e. The summed E-state index contributed by atoms with van der Waals surface area (Å²) in [7, 11) is 0. The van der Waals surface area contributed by atoms with Crippen LogP contribution in [0, 0.1) is 0 Å². The number of hydrogen-bond acceptors (Lipinski definition) is 2. The fourth-order valence-electron chi connectivity index (χ4n) is 2.98. The van der Waals surface area contributed by atoms with Gasteiger partial charge in [-0.2, -0.15) is 0 Å². The van der Waals surface area contributed by atoms with Crippen LogP contribution in [-0.4, -0.2) is 23.8 Å². The van der Waals surface area contributed by atoms with Gasteiger partial charge in [0.25, 0.3) is 0 Å². The molecule has 1 saturated heterocycles. The van der Waals surface area contributed by atoms with Crippen molar-refractivity contribution in [3.63, 3.8) is 0 Å². The molecule has 3 heteroatoms. The van der Waals surface area contributed by atoms with Crippen LogP contribution in [0.1, 0.15) is 40.7 Å². The molecule has 2 aromatic carbocycles. The third-order valence-corrected chi connectivity index (χ3v) is 4.37. The number of carbonyl (C=O) groups is 1. The quantitative estimate of drug-likeness (QED) is 0.771. The Bertz CT molecular complexity index is 662. The molecule has 3 rings (SSSR count). The van der Waals surface area contributed by atoms with E-state index in [-0.39, 0.29) is 5.78 Å².